The Balaban J connectivity index is 1.92. The van der Waals surface area contributed by atoms with Crippen LogP contribution in [0.4, 0.5) is 4.39 Å². The van der Waals surface area contributed by atoms with E-state index < -0.39 is 5.97 Å². The van der Waals surface area contributed by atoms with Crippen LogP contribution in [0, 0.1) is 19.7 Å². The maximum absolute atomic E-state index is 14.9. The summed E-state index contributed by atoms with van der Waals surface area (Å²) < 4.78 is 25.0. The van der Waals surface area contributed by atoms with Gasteiger partial charge in [0, 0.05) is 22.5 Å². The largest absolute Gasteiger partial charge is 0.461 e. The summed E-state index contributed by atoms with van der Waals surface area (Å²) in [5, 5.41) is 4.96. The highest BCUT2D eigenvalue weighted by Crippen LogP contribution is 2.34. The van der Waals surface area contributed by atoms with Gasteiger partial charge in [0.2, 0.25) is 0 Å². The van der Waals surface area contributed by atoms with Gasteiger partial charge in [-0.1, -0.05) is 5.16 Å². The second-order valence-electron chi connectivity index (χ2n) is 6.04. The fourth-order valence-corrected chi connectivity index (χ4v) is 3.24. The molecule has 0 saturated heterocycles. The minimum atomic E-state index is -0.509. The molecule has 1 N–H and O–H groups in total. The van der Waals surface area contributed by atoms with Crippen LogP contribution in [0.3, 0.4) is 0 Å². The molecule has 0 fully saturated rings. The molecule has 7 heteroatoms. The maximum Gasteiger partial charge on any atom is 0.356 e. The van der Waals surface area contributed by atoms with Gasteiger partial charge in [-0.15, -0.1) is 0 Å². The second-order valence-corrected chi connectivity index (χ2v) is 6.04. The Morgan fingerprint density at radius 2 is 2.08 bits per heavy atom. The molecule has 0 radical (unpaired) electrons. The fraction of sp³-hybridized carbons (Fsp3) is 0.211. The predicted octanol–water partition coefficient (Wildman–Crippen LogP) is 4.30. The number of aryl methyl sites for hydroxylation is 2. The number of pyridine rings is 1. The highest BCUT2D eigenvalue weighted by molar-refractivity contribution is 6.09. The Kier molecular flexibility index (Phi) is 3.72. The number of halogens is 1. The number of carbonyl (C=O) groups is 1. The molecule has 4 rings (SSSR count). The van der Waals surface area contributed by atoms with Gasteiger partial charge >= 0.3 is 5.97 Å². The number of carbonyl (C=O) groups excluding carboxylic acids is 1. The van der Waals surface area contributed by atoms with E-state index in [0.717, 1.165) is 5.56 Å². The first-order valence-corrected chi connectivity index (χ1v) is 8.21. The van der Waals surface area contributed by atoms with Gasteiger partial charge in [-0.3, -0.25) is 0 Å². The average Bonchev–Trinajstić information content (AvgIpc) is 3.14. The Bertz CT molecular complexity index is 1140. The third kappa shape index (κ3) is 2.44. The van der Waals surface area contributed by atoms with Crippen LogP contribution in [0.2, 0.25) is 0 Å². The standard InChI is InChI=1S/C19H16FN3O3/c1-4-25-19(24)16-7-14-12(8-21-16)18-13(20)5-11(6-15(18)22-14)17-9(2)23-26-10(17)3/h5-8,22H,4H2,1-3H3. The molecule has 0 aliphatic carbocycles. The van der Waals surface area contributed by atoms with Crippen molar-refractivity contribution in [1.29, 1.82) is 0 Å². The quantitative estimate of drug-likeness (QED) is 0.555. The molecule has 0 unspecified atom stereocenters. The molecular weight excluding hydrogens is 337 g/mol. The molecule has 3 aromatic heterocycles. The van der Waals surface area contributed by atoms with Crippen molar-refractivity contribution < 1.29 is 18.4 Å². The predicted molar refractivity (Wildman–Crippen MR) is 94.5 cm³/mol. The number of H-pyrrole nitrogens is 1. The molecule has 0 bridgehead atoms. The Morgan fingerprint density at radius 1 is 1.27 bits per heavy atom. The van der Waals surface area contributed by atoms with Gasteiger partial charge in [0.25, 0.3) is 0 Å². The number of ether oxygens (including phenoxy) is 1. The van der Waals surface area contributed by atoms with Gasteiger partial charge in [0.05, 0.1) is 23.3 Å². The molecule has 0 aliphatic rings. The van der Waals surface area contributed by atoms with Crippen LogP contribution in [-0.4, -0.2) is 27.7 Å². The van der Waals surface area contributed by atoms with E-state index in [4.69, 9.17) is 9.26 Å². The molecule has 26 heavy (non-hydrogen) atoms. The fourth-order valence-electron chi connectivity index (χ4n) is 3.24. The summed E-state index contributed by atoms with van der Waals surface area (Å²) in [5.74, 6) is -0.261. The maximum atomic E-state index is 14.9. The minimum Gasteiger partial charge on any atom is -0.461 e. The number of rotatable bonds is 3. The first-order chi connectivity index (χ1) is 12.5. The van der Waals surface area contributed by atoms with E-state index in [-0.39, 0.29) is 18.1 Å². The van der Waals surface area contributed by atoms with E-state index >= 15 is 0 Å². The van der Waals surface area contributed by atoms with Crippen molar-refractivity contribution in [3.63, 3.8) is 0 Å². The third-order valence-corrected chi connectivity index (χ3v) is 4.34. The monoisotopic (exact) mass is 353 g/mol. The van der Waals surface area contributed by atoms with Crippen molar-refractivity contribution in [2.45, 2.75) is 20.8 Å². The Morgan fingerprint density at radius 3 is 2.77 bits per heavy atom. The van der Waals surface area contributed by atoms with Gasteiger partial charge in [0.15, 0.2) is 0 Å². The molecule has 0 atom stereocenters. The zero-order valence-corrected chi connectivity index (χ0v) is 14.5. The lowest BCUT2D eigenvalue weighted by molar-refractivity contribution is 0.0519. The summed E-state index contributed by atoms with van der Waals surface area (Å²) >= 11 is 0. The third-order valence-electron chi connectivity index (χ3n) is 4.34. The first kappa shape index (κ1) is 16.3. The zero-order chi connectivity index (χ0) is 18.4. The van der Waals surface area contributed by atoms with E-state index in [0.29, 0.717) is 38.8 Å². The molecule has 4 aromatic rings. The summed E-state index contributed by atoms with van der Waals surface area (Å²) in [6.07, 6.45) is 1.49. The second kappa shape index (κ2) is 5.94. The summed E-state index contributed by atoms with van der Waals surface area (Å²) in [7, 11) is 0. The smallest absolute Gasteiger partial charge is 0.356 e. The number of nitrogens with one attached hydrogen (secondary N) is 1. The number of fused-ring (bicyclic) bond motifs is 3. The number of esters is 1. The highest BCUT2D eigenvalue weighted by Gasteiger charge is 2.18. The van der Waals surface area contributed by atoms with E-state index in [2.05, 4.69) is 15.1 Å². The minimum absolute atomic E-state index is 0.178. The normalized spacial score (nSPS) is 11.4. The summed E-state index contributed by atoms with van der Waals surface area (Å²) in [4.78, 5) is 19.1. The molecule has 1 aromatic carbocycles. The van der Waals surface area contributed by atoms with Crippen molar-refractivity contribution >= 4 is 27.8 Å². The topological polar surface area (TPSA) is 81.0 Å². The molecular formula is C19H16FN3O3. The van der Waals surface area contributed by atoms with Crippen molar-refractivity contribution in [2.75, 3.05) is 6.61 Å². The Labute approximate surface area is 148 Å². The van der Waals surface area contributed by atoms with Gasteiger partial charge in [-0.25, -0.2) is 14.2 Å². The summed E-state index contributed by atoms with van der Waals surface area (Å²) in [6, 6.07) is 4.87. The van der Waals surface area contributed by atoms with Crippen LogP contribution in [0.1, 0.15) is 28.9 Å². The molecule has 0 amide bonds. The molecule has 0 aliphatic heterocycles. The lowest BCUT2D eigenvalue weighted by atomic mass is 10.0. The van der Waals surface area contributed by atoms with E-state index in [9.17, 15) is 9.18 Å². The van der Waals surface area contributed by atoms with Crippen molar-refractivity contribution in [3.05, 3.63) is 47.4 Å². The summed E-state index contributed by atoms with van der Waals surface area (Å²) in [6.45, 7) is 5.60. The van der Waals surface area contributed by atoms with Gasteiger partial charge < -0.3 is 14.2 Å². The SMILES string of the molecule is CCOC(=O)c1cc2[nH]c3cc(-c4c(C)noc4C)cc(F)c3c2cn1. The number of aromatic amines is 1. The van der Waals surface area contributed by atoms with Gasteiger partial charge in [-0.2, -0.15) is 0 Å². The number of hydrogen-bond donors (Lipinski definition) is 1. The molecule has 6 nitrogen and oxygen atoms in total. The zero-order valence-electron chi connectivity index (χ0n) is 14.5. The lowest BCUT2D eigenvalue weighted by Crippen LogP contribution is -2.06. The van der Waals surface area contributed by atoms with Crippen LogP contribution in [-0.2, 0) is 4.74 Å². The van der Waals surface area contributed by atoms with Gasteiger partial charge in [0.1, 0.15) is 17.3 Å². The van der Waals surface area contributed by atoms with Crippen LogP contribution in [0.25, 0.3) is 32.9 Å². The van der Waals surface area contributed by atoms with E-state index in [1.54, 1.807) is 19.9 Å². The Hall–Kier alpha value is -3.22. The van der Waals surface area contributed by atoms with Crippen molar-refractivity contribution in [2.24, 2.45) is 0 Å². The average molecular weight is 353 g/mol. The summed E-state index contributed by atoms with van der Waals surface area (Å²) in [5.41, 5.74) is 3.55. The highest BCUT2D eigenvalue weighted by atomic mass is 19.1. The van der Waals surface area contributed by atoms with Crippen molar-refractivity contribution in [3.8, 4) is 11.1 Å². The first-order valence-electron chi connectivity index (χ1n) is 8.21. The number of aromatic nitrogens is 3. The lowest BCUT2D eigenvalue weighted by Gasteiger charge is -2.02. The van der Waals surface area contributed by atoms with E-state index in [1.165, 1.54) is 12.3 Å². The molecule has 132 valence electrons. The van der Waals surface area contributed by atoms with Crippen LogP contribution < -0.4 is 0 Å². The number of benzene rings is 1. The molecule has 0 saturated carbocycles. The van der Waals surface area contributed by atoms with E-state index in [1.807, 2.05) is 13.0 Å². The number of hydrogen-bond acceptors (Lipinski definition) is 5. The van der Waals surface area contributed by atoms with Gasteiger partial charge in [-0.05, 0) is 44.5 Å². The van der Waals surface area contributed by atoms with Crippen LogP contribution >= 0.6 is 0 Å². The number of nitrogens with zero attached hydrogens (tertiary/aromatic N) is 2. The molecule has 3 heterocycles. The van der Waals surface area contributed by atoms with Crippen LogP contribution in [0.15, 0.2) is 28.9 Å². The van der Waals surface area contributed by atoms with Crippen LogP contribution in [0.5, 0.6) is 0 Å². The molecule has 0 spiro atoms. The van der Waals surface area contributed by atoms with Crippen molar-refractivity contribution in [1.82, 2.24) is 15.1 Å².